The second kappa shape index (κ2) is 12.5. The number of unbranched alkanes of at least 4 members (excludes halogenated alkanes) is 1. The number of hydrogen-bond acceptors (Lipinski definition) is 7. The maximum absolute atomic E-state index is 5.48. The number of fused-ring (bicyclic) bond motifs is 1. The predicted octanol–water partition coefficient (Wildman–Crippen LogP) is 5.43. The molecule has 0 bridgehead atoms. The van der Waals surface area contributed by atoms with Crippen LogP contribution in [-0.4, -0.2) is 35.8 Å². The molecule has 182 valence electrons. The predicted molar refractivity (Wildman–Crippen MR) is 148 cm³/mol. The van der Waals surface area contributed by atoms with E-state index in [1.807, 2.05) is 30.3 Å². The Labute approximate surface area is 215 Å². The molecule has 35 heavy (non-hydrogen) atoms. The highest BCUT2D eigenvalue weighted by Gasteiger charge is 2.16. The van der Waals surface area contributed by atoms with E-state index in [1.54, 1.807) is 16.4 Å². The summed E-state index contributed by atoms with van der Waals surface area (Å²) in [4.78, 5) is 9.38. The van der Waals surface area contributed by atoms with Crippen LogP contribution in [0.15, 0.2) is 59.8 Å². The Morgan fingerprint density at radius 2 is 1.77 bits per heavy atom. The summed E-state index contributed by atoms with van der Waals surface area (Å²) in [6.07, 6.45) is 4.50. The molecule has 0 saturated carbocycles. The molecule has 0 radical (unpaired) electrons. The van der Waals surface area contributed by atoms with Gasteiger partial charge in [-0.1, -0.05) is 79.7 Å². The van der Waals surface area contributed by atoms with Gasteiger partial charge in [-0.2, -0.15) is 0 Å². The van der Waals surface area contributed by atoms with Crippen LogP contribution in [0.25, 0.3) is 11.2 Å². The van der Waals surface area contributed by atoms with Gasteiger partial charge in [0.05, 0.1) is 6.54 Å². The topological polar surface area (TPSA) is 92.6 Å². The summed E-state index contributed by atoms with van der Waals surface area (Å²) in [6.45, 7) is 4.91. The zero-order valence-corrected chi connectivity index (χ0v) is 21.6. The van der Waals surface area contributed by atoms with Gasteiger partial charge < -0.3 is 5.32 Å². The van der Waals surface area contributed by atoms with Gasteiger partial charge in [-0.25, -0.2) is 14.6 Å². The Kier molecular flexibility index (Phi) is 8.85. The Morgan fingerprint density at radius 1 is 0.971 bits per heavy atom. The number of rotatable bonds is 11. The van der Waals surface area contributed by atoms with Gasteiger partial charge in [0.1, 0.15) is 0 Å². The second-order valence-electron chi connectivity index (χ2n) is 8.11. The molecular weight excluding hydrogens is 476 g/mol. The van der Waals surface area contributed by atoms with Gasteiger partial charge >= 0.3 is 0 Å². The van der Waals surface area contributed by atoms with Crippen molar-refractivity contribution in [3.8, 4) is 0 Å². The molecule has 0 amide bonds. The van der Waals surface area contributed by atoms with Gasteiger partial charge in [0.15, 0.2) is 27.3 Å². The van der Waals surface area contributed by atoms with E-state index in [1.165, 1.54) is 18.4 Å². The van der Waals surface area contributed by atoms with Crippen molar-refractivity contribution >= 4 is 51.8 Å². The minimum absolute atomic E-state index is 0.428. The van der Waals surface area contributed by atoms with Crippen molar-refractivity contribution in [2.45, 2.75) is 51.2 Å². The van der Waals surface area contributed by atoms with Crippen LogP contribution in [0.4, 0.5) is 11.5 Å². The summed E-state index contributed by atoms with van der Waals surface area (Å²) in [5, 5.41) is 13.0. The van der Waals surface area contributed by atoms with E-state index in [0.717, 1.165) is 29.8 Å². The molecule has 0 aliphatic heterocycles. The average molecular weight is 507 g/mol. The third-order valence-corrected chi connectivity index (χ3v) is 6.54. The minimum atomic E-state index is 0.428. The summed E-state index contributed by atoms with van der Waals surface area (Å²) >= 11 is 7.09. The van der Waals surface area contributed by atoms with E-state index < -0.39 is 0 Å². The highest BCUT2D eigenvalue weighted by Crippen LogP contribution is 2.23. The number of anilines is 2. The van der Waals surface area contributed by atoms with Gasteiger partial charge in [-0.15, -0.1) is 5.10 Å². The Balaban J connectivity index is 1.47. The van der Waals surface area contributed by atoms with Crippen LogP contribution < -0.4 is 16.2 Å². The summed E-state index contributed by atoms with van der Waals surface area (Å²) in [5.74, 6) is 1.46. The number of thiocarbonyl (C=S) groups is 1. The highest BCUT2D eigenvalue weighted by molar-refractivity contribution is 7.99. The maximum Gasteiger partial charge on any atom is 0.191 e. The average Bonchev–Trinajstić information content (AvgIpc) is 3.28. The summed E-state index contributed by atoms with van der Waals surface area (Å²) in [7, 11) is 0. The van der Waals surface area contributed by atoms with Crippen LogP contribution >= 0.6 is 24.0 Å². The van der Waals surface area contributed by atoms with E-state index in [0.29, 0.717) is 33.8 Å². The van der Waals surface area contributed by atoms with E-state index in [4.69, 9.17) is 17.2 Å². The first-order valence-corrected chi connectivity index (χ1v) is 13.3. The lowest BCUT2D eigenvalue weighted by Gasteiger charge is -2.13. The molecule has 2 aromatic carbocycles. The molecule has 0 unspecified atom stereocenters. The van der Waals surface area contributed by atoms with Crippen molar-refractivity contribution in [2.75, 3.05) is 16.5 Å². The molecule has 0 spiro atoms. The molecular formula is C25H30N8S2. The molecule has 4 rings (SSSR count). The molecule has 0 aliphatic rings. The number of hydrogen-bond donors (Lipinski definition) is 3. The highest BCUT2D eigenvalue weighted by atomic mass is 32.2. The fraction of sp³-hybridized carbons (Fsp3) is 0.320. The fourth-order valence-electron chi connectivity index (χ4n) is 3.46. The second-order valence-corrected chi connectivity index (χ2v) is 9.58. The number of aromatic nitrogens is 5. The number of benzene rings is 2. The molecule has 0 atom stereocenters. The zero-order chi connectivity index (χ0) is 24.5. The van der Waals surface area contributed by atoms with Crippen molar-refractivity contribution in [1.82, 2.24) is 30.4 Å². The molecule has 3 N–H and O–H groups in total. The normalized spacial score (nSPS) is 10.9. The molecule has 0 fully saturated rings. The Morgan fingerprint density at radius 3 is 2.51 bits per heavy atom. The Bertz CT molecular complexity index is 1240. The van der Waals surface area contributed by atoms with Crippen LogP contribution in [0.2, 0.25) is 0 Å². The Hall–Kier alpha value is -3.24. The van der Waals surface area contributed by atoms with Crippen molar-refractivity contribution in [1.29, 1.82) is 0 Å². The number of nitrogens with zero attached hydrogens (tertiary/aromatic N) is 5. The van der Waals surface area contributed by atoms with E-state index in [9.17, 15) is 0 Å². The molecule has 8 nitrogen and oxygen atoms in total. The zero-order valence-electron chi connectivity index (χ0n) is 20.0. The van der Waals surface area contributed by atoms with Crippen molar-refractivity contribution in [2.24, 2.45) is 0 Å². The van der Waals surface area contributed by atoms with Crippen LogP contribution in [0.3, 0.4) is 0 Å². The molecule has 2 heterocycles. The fourth-order valence-corrected chi connectivity index (χ4v) is 4.32. The molecule has 10 heteroatoms. The molecule has 0 saturated heterocycles. The van der Waals surface area contributed by atoms with Gasteiger partial charge in [0, 0.05) is 11.4 Å². The summed E-state index contributed by atoms with van der Waals surface area (Å²) < 4.78 is 1.80. The first-order chi connectivity index (χ1) is 17.2. The molecule has 0 aliphatic carbocycles. The van der Waals surface area contributed by atoms with E-state index >= 15 is 0 Å². The number of aryl methyl sites for hydroxylation is 1. The largest absolute Gasteiger partial charge is 0.331 e. The van der Waals surface area contributed by atoms with Crippen LogP contribution in [0.1, 0.15) is 44.2 Å². The molecule has 2 aromatic heterocycles. The smallest absolute Gasteiger partial charge is 0.191 e. The van der Waals surface area contributed by atoms with Crippen molar-refractivity contribution in [3.05, 3.63) is 65.7 Å². The molecule has 4 aromatic rings. The van der Waals surface area contributed by atoms with Crippen molar-refractivity contribution in [3.63, 3.8) is 0 Å². The SMILES string of the molecule is CCCCc1ccc(NC(=S)NNc2nc(SCCC)nc3c2nnn3Cc2ccccc2)cc1. The van der Waals surface area contributed by atoms with Gasteiger partial charge in [0.25, 0.3) is 0 Å². The standard InChI is InChI=1S/C25H30N8S2/c1-3-5-9-18-12-14-20(15-13-18)26-24(34)31-30-22-21-23(28-25(27-22)35-16-4-2)33(32-29-21)17-19-10-7-6-8-11-19/h6-8,10-15H,3-5,9,16-17H2,1-2H3,(H2,26,31,34)(H,27,28,30). The van der Waals surface area contributed by atoms with Gasteiger partial charge in [-0.3, -0.25) is 10.9 Å². The lowest BCUT2D eigenvalue weighted by Crippen LogP contribution is -2.33. The number of hydrazine groups is 1. The monoisotopic (exact) mass is 506 g/mol. The first kappa shape index (κ1) is 24.9. The van der Waals surface area contributed by atoms with E-state index in [2.05, 4.69) is 69.6 Å². The third-order valence-electron chi connectivity index (χ3n) is 5.28. The lowest BCUT2D eigenvalue weighted by molar-refractivity contribution is 0.661. The lowest BCUT2D eigenvalue weighted by atomic mass is 10.1. The van der Waals surface area contributed by atoms with Crippen LogP contribution in [0, 0.1) is 0 Å². The number of nitrogens with one attached hydrogen (secondary N) is 3. The maximum atomic E-state index is 5.48. The summed E-state index contributed by atoms with van der Waals surface area (Å²) in [5.41, 5.74) is 10.8. The first-order valence-electron chi connectivity index (χ1n) is 11.9. The quantitative estimate of drug-likeness (QED) is 0.107. The minimum Gasteiger partial charge on any atom is -0.331 e. The summed E-state index contributed by atoms with van der Waals surface area (Å²) in [6, 6.07) is 18.5. The van der Waals surface area contributed by atoms with Crippen molar-refractivity contribution < 1.29 is 0 Å². The number of thioether (sulfide) groups is 1. The van der Waals surface area contributed by atoms with E-state index in [-0.39, 0.29) is 0 Å². The van der Waals surface area contributed by atoms with Crippen LogP contribution in [0.5, 0.6) is 0 Å². The van der Waals surface area contributed by atoms with Gasteiger partial charge in [0.2, 0.25) is 0 Å². The third kappa shape index (κ3) is 6.89. The van der Waals surface area contributed by atoms with Crippen LogP contribution in [-0.2, 0) is 13.0 Å². The van der Waals surface area contributed by atoms with Gasteiger partial charge in [-0.05, 0) is 54.7 Å².